The van der Waals surface area contributed by atoms with Crippen LogP contribution in [0.5, 0.6) is 0 Å². The second-order valence-electron chi connectivity index (χ2n) is 3.58. The number of nitrogens with zero attached hydrogens (tertiary/aromatic N) is 3. The maximum Gasteiger partial charge on any atom is 0.246 e. The third-order valence-corrected chi connectivity index (χ3v) is 3.13. The summed E-state index contributed by atoms with van der Waals surface area (Å²) in [6.45, 7) is 3.64. The van der Waals surface area contributed by atoms with Crippen LogP contribution in [-0.2, 0) is 4.79 Å². The molecular weight excluding hydrogens is 284 g/mol. The Kier molecular flexibility index (Phi) is 4.58. The molecule has 0 aliphatic carbocycles. The molecule has 1 aromatic rings. The van der Waals surface area contributed by atoms with Gasteiger partial charge in [-0.2, -0.15) is 5.26 Å². The third-order valence-electron chi connectivity index (χ3n) is 2.72. The van der Waals surface area contributed by atoms with Crippen LogP contribution in [0.3, 0.4) is 0 Å². The number of rotatable bonds is 4. The molecule has 1 amide bonds. The van der Waals surface area contributed by atoms with E-state index in [1.807, 2.05) is 13.8 Å². The summed E-state index contributed by atoms with van der Waals surface area (Å²) in [5.74, 6) is 0.0151. The molecule has 1 heterocycles. The highest BCUT2D eigenvalue weighted by Gasteiger charge is 2.35. The van der Waals surface area contributed by atoms with Crippen LogP contribution in [0.15, 0.2) is 17.0 Å². The minimum absolute atomic E-state index is 0.332. The number of hydrogen-bond donors (Lipinski definition) is 1. The van der Waals surface area contributed by atoms with Gasteiger partial charge >= 0.3 is 0 Å². The second-order valence-corrected chi connectivity index (χ2v) is 4.39. The van der Waals surface area contributed by atoms with Crippen LogP contribution in [0, 0.1) is 16.7 Å². The molecule has 0 saturated carbocycles. The van der Waals surface area contributed by atoms with Crippen molar-refractivity contribution >= 4 is 27.7 Å². The van der Waals surface area contributed by atoms with Crippen molar-refractivity contribution in [3.8, 4) is 6.07 Å². The summed E-state index contributed by atoms with van der Waals surface area (Å²) in [6.07, 6.45) is 3.86. The van der Waals surface area contributed by atoms with Crippen LogP contribution in [0.2, 0.25) is 0 Å². The molecule has 1 rings (SSSR count). The Morgan fingerprint density at radius 2 is 2.12 bits per heavy atom. The molecule has 0 atom stereocenters. The van der Waals surface area contributed by atoms with Gasteiger partial charge in [0.15, 0.2) is 5.82 Å². The lowest BCUT2D eigenvalue weighted by atomic mass is 9.83. The van der Waals surface area contributed by atoms with Gasteiger partial charge in [-0.3, -0.25) is 4.79 Å². The summed E-state index contributed by atoms with van der Waals surface area (Å²) < 4.78 is 0.591. The van der Waals surface area contributed by atoms with Crippen molar-refractivity contribution in [2.24, 2.45) is 5.41 Å². The molecule has 0 aliphatic rings. The highest BCUT2D eigenvalue weighted by molar-refractivity contribution is 9.10. The highest BCUT2D eigenvalue weighted by atomic mass is 79.9. The fourth-order valence-electron chi connectivity index (χ4n) is 1.39. The van der Waals surface area contributed by atoms with E-state index >= 15 is 0 Å². The molecule has 0 aliphatic heterocycles. The van der Waals surface area contributed by atoms with E-state index in [9.17, 15) is 4.79 Å². The van der Waals surface area contributed by atoms with E-state index in [1.165, 1.54) is 12.4 Å². The second kappa shape index (κ2) is 5.73. The van der Waals surface area contributed by atoms with Gasteiger partial charge in [-0.1, -0.05) is 13.8 Å². The Balaban J connectivity index is 2.85. The quantitative estimate of drug-likeness (QED) is 0.926. The average Bonchev–Trinajstić information content (AvgIpc) is 2.35. The smallest absolute Gasteiger partial charge is 0.246 e. The summed E-state index contributed by atoms with van der Waals surface area (Å²) in [6, 6.07) is 2.08. The van der Waals surface area contributed by atoms with Gasteiger partial charge in [0.2, 0.25) is 5.91 Å². The first-order chi connectivity index (χ1) is 8.07. The van der Waals surface area contributed by atoms with Crippen molar-refractivity contribution in [2.45, 2.75) is 26.7 Å². The number of aromatic nitrogens is 2. The number of carbonyl (C=O) groups excluding carboxylic acids is 1. The van der Waals surface area contributed by atoms with Crippen molar-refractivity contribution in [3.63, 3.8) is 0 Å². The Hall–Kier alpha value is -1.48. The van der Waals surface area contributed by atoms with Crippen LogP contribution < -0.4 is 5.32 Å². The lowest BCUT2D eigenvalue weighted by molar-refractivity contribution is -0.123. The molecule has 0 bridgehead atoms. The van der Waals surface area contributed by atoms with Gasteiger partial charge in [-0.15, -0.1) is 0 Å². The molecule has 0 fully saturated rings. The first-order valence-corrected chi connectivity index (χ1v) is 6.07. The minimum atomic E-state index is -0.991. The fourth-order valence-corrected chi connectivity index (χ4v) is 1.60. The van der Waals surface area contributed by atoms with E-state index in [4.69, 9.17) is 5.26 Å². The van der Waals surface area contributed by atoms with E-state index in [-0.39, 0.29) is 5.91 Å². The lowest BCUT2D eigenvalue weighted by Crippen LogP contribution is -2.34. The molecule has 0 unspecified atom stereocenters. The maximum atomic E-state index is 12.0. The van der Waals surface area contributed by atoms with Crippen molar-refractivity contribution in [1.82, 2.24) is 9.97 Å². The highest BCUT2D eigenvalue weighted by Crippen LogP contribution is 2.26. The molecule has 1 N–H and O–H groups in total. The van der Waals surface area contributed by atoms with Crippen LogP contribution >= 0.6 is 15.9 Å². The largest absolute Gasteiger partial charge is 0.308 e. The van der Waals surface area contributed by atoms with E-state index in [1.54, 1.807) is 0 Å². The number of carbonyl (C=O) groups is 1. The SMILES string of the molecule is CCC(C#N)(CC)C(=O)Nc1cnc(Br)cn1. The minimum Gasteiger partial charge on any atom is -0.308 e. The first kappa shape index (κ1) is 13.6. The Morgan fingerprint density at radius 1 is 1.47 bits per heavy atom. The van der Waals surface area contributed by atoms with Crippen molar-refractivity contribution < 1.29 is 4.79 Å². The van der Waals surface area contributed by atoms with Crippen LogP contribution in [0.4, 0.5) is 5.82 Å². The average molecular weight is 297 g/mol. The normalized spacial score (nSPS) is 10.7. The number of anilines is 1. The topological polar surface area (TPSA) is 78.7 Å². The molecular formula is C11H13BrN4O. The number of nitriles is 1. The Labute approximate surface area is 108 Å². The van der Waals surface area contributed by atoms with Crippen molar-refractivity contribution in [2.75, 3.05) is 5.32 Å². The maximum absolute atomic E-state index is 12.0. The molecule has 0 spiro atoms. The molecule has 1 aromatic heterocycles. The van der Waals surface area contributed by atoms with Gasteiger partial charge in [0, 0.05) is 0 Å². The predicted octanol–water partition coefficient (Wildman–Crippen LogP) is 2.51. The van der Waals surface area contributed by atoms with E-state index < -0.39 is 5.41 Å². The van der Waals surface area contributed by atoms with Gasteiger partial charge in [-0.05, 0) is 28.8 Å². The lowest BCUT2D eigenvalue weighted by Gasteiger charge is -2.21. The van der Waals surface area contributed by atoms with E-state index in [0.29, 0.717) is 23.3 Å². The number of halogens is 1. The van der Waals surface area contributed by atoms with Gasteiger partial charge < -0.3 is 5.32 Å². The zero-order valence-electron chi connectivity index (χ0n) is 9.70. The molecule has 6 heteroatoms. The van der Waals surface area contributed by atoms with Crippen molar-refractivity contribution in [1.29, 1.82) is 5.26 Å². The fraction of sp³-hybridized carbons (Fsp3) is 0.455. The molecule has 90 valence electrons. The number of hydrogen-bond acceptors (Lipinski definition) is 4. The molecule has 0 aromatic carbocycles. The predicted molar refractivity (Wildman–Crippen MR) is 67.0 cm³/mol. The first-order valence-electron chi connectivity index (χ1n) is 5.28. The summed E-state index contributed by atoms with van der Waals surface area (Å²) in [5, 5.41) is 11.7. The number of amides is 1. The Morgan fingerprint density at radius 3 is 2.53 bits per heavy atom. The van der Waals surface area contributed by atoms with Gasteiger partial charge in [0.25, 0.3) is 0 Å². The van der Waals surface area contributed by atoms with E-state index in [2.05, 4.69) is 37.3 Å². The zero-order chi connectivity index (χ0) is 12.9. The van der Waals surface area contributed by atoms with E-state index in [0.717, 1.165) is 0 Å². The summed E-state index contributed by atoms with van der Waals surface area (Å²) in [5.41, 5.74) is -0.991. The monoisotopic (exact) mass is 296 g/mol. The Bertz CT molecular complexity index is 434. The zero-order valence-corrected chi connectivity index (χ0v) is 11.3. The molecule has 17 heavy (non-hydrogen) atoms. The van der Waals surface area contributed by atoms with Crippen LogP contribution in [-0.4, -0.2) is 15.9 Å². The molecule has 5 nitrogen and oxygen atoms in total. The van der Waals surface area contributed by atoms with Gasteiger partial charge in [-0.25, -0.2) is 9.97 Å². The molecule has 0 radical (unpaired) electrons. The standard InChI is InChI=1S/C11H13BrN4O/c1-3-11(4-2,7-13)10(17)16-9-6-14-8(12)5-15-9/h5-6H,3-4H2,1-2H3,(H,15,16,17). The number of nitrogens with one attached hydrogen (secondary N) is 1. The summed E-state index contributed by atoms with van der Waals surface area (Å²) in [4.78, 5) is 19.9. The molecule has 0 saturated heterocycles. The summed E-state index contributed by atoms with van der Waals surface area (Å²) in [7, 11) is 0. The van der Waals surface area contributed by atoms with Crippen LogP contribution in [0.25, 0.3) is 0 Å². The van der Waals surface area contributed by atoms with Gasteiger partial charge in [0.05, 0.1) is 18.5 Å². The van der Waals surface area contributed by atoms with Gasteiger partial charge in [0.1, 0.15) is 10.0 Å². The van der Waals surface area contributed by atoms with Crippen LogP contribution in [0.1, 0.15) is 26.7 Å². The van der Waals surface area contributed by atoms with Crippen molar-refractivity contribution in [3.05, 3.63) is 17.0 Å². The third kappa shape index (κ3) is 3.01. The summed E-state index contributed by atoms with van der Waals surface area (Å²) >= 11 is 3.15.